The van der Waals surface area contributed by atoms with Gasteiger partial charge in [-0.1, -0.05) is 6.07 Å². The van der Waals surface area contributed by atoms with Gasteiger partial charge in [0.15, 0.2) is 0 Å². The lowest BCUT2D eigenvalue weighted by Gasteiger charge is -2.32. The van der Waals surface area contributed by atoms with Gasteiger partial charge in [-0.15, -0.1) is 0 Å². The van der Waals surface area contributed by atoms with Gasteiger partial charge in [-0.05, 0) is 43.9 Å². The van der Waals surface area contributed by atoms with E-state index in [1.165, 1.54) is 7.11 Å². The molecule has 1 aromatic carbocycles. The molecule has 1 aliphatic heterocycles. The predicted octanol–water partition coefficient (Wildman–Crippen LogP) is 2.06. The van der Waals surface area contributed by atoms with Crippen LogP contribution in [0.5, 0.6) is 0 Å². The van der Waals surface area contributed by atoms with Crippen LogP contribution in [0.1, 0.15) is 36.0 Å². The van der Waals surface area contributed by atoms with Gasteiger partial charge >= 0.3 is 5.97 Å². The van der Waals surface area contributed by atoms with Crippen LogP contribution >= 0.6 is 0 Å². The number of carbonyl (C=O) groups excluding carboxylic acids is 3. The van der Waals surface area contributed by atoms with Gasteiger partial charge in [-0.3, -0.25) is 9.59 Å². The van der Waals surface area contributed by atoms with Gasteiger partial charge in [0.2, 0.25) is 11.8 Å². The topological polar surface area (TPSA) is 75.7 Å². The molecule has 1 atom stereocenters. The molecule has 0 bridgehead atoms. The molecule has 1 N–H and O–H groups in total. The van der Waals surface area contributed by atoms with Gasteiger partial charge in [-0.25, -0.2) is 4.79 Å². The second-order valence-electron chi connectivity index (χ2n) is 6.46. The maximum absolute atomic E-state index is 12.5. The highest BCUT2D eigenvalue weighted by Gasteiger charge is 2.36. The van der Waals surface area contributed by atoms with E-state index in [9.17, 15) is 14.4 Å². The van der Waals surface area contributed by atoms with Crippen molar-refractivity contribution in [1.82, 2.24) is 4.90 Å². The second kappa shape index (κ2) is 7.03. The second-order valence-corrected chi connectivity index (χ2v) is 6.46. The molecular formula is C18H22N2O4. The SMILES string of the molecule is COC(=O)c1cccc(NC(=O)[C@@H]2CCCN(C(=O)C3CC3)C2)c1. The number of benzene rings is 1. The van der Waals surface area contributed by atoms with Crippen molar-refractivity contribution >= 4 is 23.5 Å². The minimum absolute atomic E-state index is 0.106. The zero-order valence-corrected chi connectivity index (χ0v) is 13.8. The number of piperidine rings is 1. The summed E-state index contributed by atoms with van der Waals surface area (Å²) in [6.45, 7) is 1.23. The fraction of sp³-hybridized carbons (Fsp3) is 0.500. The molecule has 1 heterocycles. The van der Waals surface area contributed by atoms with E-state index < -0.39 is 5.97 Å². The summed E-state index contributed by atoms with van der Waals surface area (Å²) in [6, 6.07) is 6.67. The number of rotatable bonds is 4. The van der Waals surface area contributed by atoms with Crippen LogP contribution in [0.4, 0.5) is 5.69 Å². The van der Waals surface area contributed by atoms with E-state index in [1.54, 1.807) is 24.3 Å². The van der Waals surface area contributed by atoms with E-state index in [0.717, 1.165) is 32.2 Å². The Bertz CT molecular complexity index is 654. The van der Waals surface area contributed by atoms with Crippen LogP contribution in [0.3, 0.4) is 0 Å². The monoisotopic (exact) mass is 330 g/mol. The first-order chi connectivity index (χ1) is 11.6. The smallest absolute Gasteiger partial charge is 0.337 e. The lowest BCUT2D eigenvalue weighted by molar-refractivity contribution is -0.135. The number of methoxy groups -OCH3 is 1. The van der Waals surface area contributed by atoms with Crippen molar-refractivity contribution < 1.29 is 19.1 Å². The summed E-state index contributed by atoms with van der Waals surface area (Å²) in [7, 11) is 1.32. The third-order valence-electron chi connectivity index (χ3n) is 4.58. The summed E-state index contributed by atoms with van der Waals surface area (Å²) in [4.78, 5) is 38.1. The molecule has 2 aliphatic rings. The fourth-order valence-corrected chi connectivity index (χ4v) is 3.07. The maximum atomic E-state index is 12.5. The van der Waals surface area contributed by atoms with Gasteiger partial charge < -0.3 is 15.0 Å². The molecule has 6 heteroatoms. The molecular weight excluding hydrogens is 308 g/mol. The number of amides is 2. The summed E-state index contributed by atoms with van der Waals surface area (Å²) < 4.78 is 4.69. The molecule has 0 spiro atoms. The van der Waals surface area contributed by atoms with E-state index in [2.05, 4.69) is 10.1 Å². The predicted molar refractivity (Wildman–Crippen MR) is 88.4 cm³/mol. The summed E-state index contributed by atoms with van der Waals surface area (Å²) in [5.74, 6) is -0.373. The molecule has 2 amide bonds. The van der Waals surface area contributed by atoms with Crippen molar-refractivity contribution in [2.75, 3.05) is 25.5 Å². The van der Waals surface area contributed by atoms with Crippen molar-refractivity contribution in [2.24, 2.45) is 11.8 Å². The van der Waals surface area contributed by atoms with E-state index in [1.807, 2.05) is 4.90 Å². The number of hydrogen-bond donors (Lipinski definition) is 1. The number of ether oxygens (including phenoxy) is 1. The van der Waals surface area contributed by atoms with Crippen molar-refractivity contribution in [1.29, 1.82) is 0 Å². The molecule has 2 fully saturated rings. The lowest BCUT2D eigenvalue weighted by Crippen LogP contribution is -2.44. The van der Waals surface area contributed by atoms with Crippen LogP contribution in [-0.2, 0) is 14.3 Å². The average molecular weight is 330 g/mol. The average Bonchev–Trinajstić information content (AvgIpc) is 3.46. The van der Waals surface area contributed by atoms with Gasteiger partial charge in [0.25, 0.3) is 0 Å². The number of esters is 1. The minimum atomic E-state index is -0.440. The van der Waals surface area contributed by atoms with Crippen LogP contribution in [0.15, 0.2) is 24.3 Å². The molecule has 128 valence electrons. The lowest BCUT2D eigenvalue weighted by atomic mass is 9.96. The first kappa shape index (κ1) is 16.5. The molecule has 6 nitrogen and oxygen atoms in total. The molecule has 0 aromatic heterocycles. The summed E-state index contributed by atoms with van der Waals surface area (Å²) in [5, 5.41) is 2.85. The van der Waals surface area contributed by atoms with E-state index in [-0.39, 0.29) is 23.7 Å². The van der Waals surface area contributed by atoms with Gasteiger partial charge in [-0.2, -0.15) is 0 Å². The highest BCUT2D eigenvalue weighted by atomic mass is 16.5. The van der Waals surface area contributed by atoms with Crippen LogP contribution in [0, 0.1) is 11.8 Å². The standard InChI is InChI=1S/C18H22N2O4/c1-24-18(23)13-4-2-6-15(10-13)19-16(21)14-5-3-9-20(11-14)17(22)12-7-8-12/h2,4,6,10,12,14H,3,5,7-9,11H2,1H3,(H,19,21)/t14-/m1/s1. The minimum Gasteiger partial charge on any atom is -0.465 e. The quantitative estimate of drug-likeness (QED) is 0.858. The number of likely N-dealkylation sites (tertiary alicyclic amines) is 1. The van der Waals surface area contributed by atoms with Gasteiger partial charge in [0, 0.05) is 24.7 Å². The Hall–Kier alpha value is -2.37. The first-order valence-electron chi connectivity index (χ1n) is 8.36. The largest absolute Gasteiger partial charge is 0.465 e. The fourth-order valence-electron chi connectivity index (χ4n) is 3.07. The molecule has 0 unspecified atom stereocenters. The Labute approximate surface area is 141 Å². The van der Waals surface area contributed by atoms with E-state index >= 15 is 0 Å². The normalized spacial score (nSPS) is 20.4. The number of carbonyl (C=O) groups is 3. The first-order valence-corrected chi connectivity index (χ1v) is 8.36. The van der Waals surface area contributed by atoms with Crippen molar-refractivity contribution in [2.45, 2.75) is 25.7 Å². The van der Waals surface area contributed by atoms with Crippen LogP contribution in [0.25, 0.3) is 0 Å². The van der Waals surface area contributed by atoms with E-state index in [4.69, 9.17) is 0 Å². The zero-order chi connectivity index (χ0) is 17.1. The molecule has 1 aromatic rings. The third-order valence-corrected chi connectivity index (χ3v) is 4.58. The van der Waals surface area contributed by atoms with Gasteiger partial charge in [0.1, 0.15) is 0 Å². The molecule has 1 saturated carbocycles. The molecule has 24 heavy (non-hydrogen) atoms. The van der Waals surface area contributed by atoms with Crippen LogP contribution in [0.2, 0.25) is 0 Å². The van der Waals surface area contributed by atoms with Crippen LogP contribution < -0.4 is 5.32 Å². The Kier molecular flexibility index (Phi) is 4.83. The molecule has 3 rings (SSSR count). The van der Waals surface area contributed by atoms with Crippen molar-refractivity contribution in [3.05, 3.63) is 29.8 Å². The maximum Gasteiger partial charge on any atom is 0.337 e. The van der Waals surface area contributed by atoms with Crippen molar-refractivity contribution in [3.8, 4) is 0 Å². The number of anilines is 1. The summed E-state index contributed by atoms with van der Waals surface area (Å²) in [5.41, 5.74) is 0.957. The molecule has 1 saturated heterocycles. The zero-order valence-electron chi connectivity index (χ0n) is 13.8. The highest BCUT2D eigenvalue weighted by molar-refractivity contribution is 5.96. The number of nitrogens with one attached hydrogen (secondary N) is 1. The Balaban J connectivity index is 1.61. The Morgan fingerprint density at radius 2 is 1.96 bits per heavy atom. The third kappa shape index (κ3) is 3.75. The number of hydrogen-bond acceptors (Lipinski definition) is 4. The van der Waals surface area contributed by atoms with Crippen LogP contribution in [-0.4, -0.2) is 42.9 Å². The Morgan fingerprint density at radius 3 is 2.67 bits per heavy atom. The molecule has 0 radical (unpaired) electrons. The Morgan fingerprint density at radius 1 is 1.17 bits per heavy atom. The van der Waals surface area contributed by atoms with Gasteiger partial charge in [0.05, 0.1) is 18.6 Å². The summed E-state index contributed by atoms with van der Waals surface area (Å²) in [6.07, 6.45) is 3.58. The number of nitrogens with zero attached hydrogens (tertiary/aromatic N) is 1. The molecule has 1 aliphatic carbocycles. The highest BCUT2D eigenvalue weighted by Crippen LogP contribution is 2.32. The summed E-state index contributed by atoms with van der Waals surface area (Å²) >= 11 is 0. The van der Waals surface area contributed by atoms with Crippen molar-refractivity contribution in [3.63, 3.8) is 0 Å². The van der Waals surface area contributed by atoms with E-state index in [0.29, 0.717) is 17.8 Å².